The molecule has 2 rings (SSSR count). The number of ether oxygens (including phenoxy) is 1. The molecule has 0 aliphatic carbocycles. The van der Waals surface area contributed by atoms with Gasteiger partial charge in [0.1, 0.15) is 21.7 Å². The Morgan fingerprint density at radius 3 is 2.77 bits per heavy atom. The van der Waals surface area contributed by atoms with E-state index >= 15 is 0 Å². The third-order valence-electron chi connectivity index (χ3n) is 3.56. The van der Waals surface area contributed by atoms with Crippen LogP contribution in [-0.4, -0.2) is 50.4 Å². The Labute approximate surface area is 136 Å². The molecule has 0 radical (unpaired) electrons. The minimum absolute atomic E-state index is 0.116. The van der Waals surface area contributed by atoms with Crippen LogP contribution in [0.1, 0.15) is 13.3 Å². The van der Waals surface area contributed by atoms with Crippen LogP contribution in [-0.2, 0) is 14.6 Å². The normalized spacial score (nSPS) is 20.0. The largest absolute Gasteiger partial charge is 0.487 e. The lowest BCUT2D eigenvalue weighted by Gasteiger charge is -2.21. The van der Waals surface area contributed by atoms with E-state index in [1.807, 2.05) is 12.1 Å². The molecule has 1 fully saturated rings. The molecule has 5 nitrogen and oxygen atoms in total. The van der Waals surface area contributed by atoms with Crippen LogP contribution in [0.4, 0.5) is 0 Å². The Balaban J connectivity index is 1.92. The lowest BCUT2D eigenvalue weighted by Crippen LogP contribution is -2.37. The molecule has 0 saturated carbocycles. The molecule has 1 amide bonds. The first-order chi connectivity index (χ1) is 10.3. The number of para-hydroxylation sites is 1. The van der Waals surface area contributed by atoms with E-state index in [1.54, 1.807) is 24.0 Å². The van der Waals surface area contributed by atoms with E-state index in [0.29, 0.717) is 30.3 Å². The van der Waals surface area contributed by atoms with Gasteiger partial charge in [0.2, 0.25) is 5.91 Å². The number of benzene rings is 1. The summed E-state index contributed by atoms with van der Waals surface area (Å²) in [4.78, 5) is 13.9. The number of sulfone groups is 1. The average Bonchev–Trinajstić information content (AvgIpc) is 2.87. The molecule has 122 valence electrons. The van der Waals surface area contributed by atoms with Crippen LogP contribution < -0.4 is 4.74 Å². The zero-order chi connectivity index (χ0) is 16.3. The molecular weight excluding hydrogens is 326 g/mol. The summed E-state index contributed by atoms with van der Waals surface area (Å²) in [5, 5.41) is 0.540. The maximum Gasteiger partial charge on any atom is 0.226 e. The van der Waals surface area contributed by atoms with Crippen molar-refractivity contribution in [3.63, 3.8) is 0 Å². The second-order valence-corrected chi connectivity index (χ2v) is 8.33. The van der Waals surface area contributed by atoms with Gasteiger partial charge in [-0.3, -0.25) is 4.79 Å². The molecule has 1 aliphatic rings. The van der Waals surface area contributed by atoms with Crippen molar-refractivity contribution in [2.75, 3.05) is 25.1 Å². The number of halogens is 1. The summed E-state index contributed by atoms with van der Waals surface area (Å²) in [6.07, 6.45) is 1.74. The van der Waals surface area contributed by atoms with Crippen LogP contribution in [0.5, 0.6) is 5.75 Å². The number of likely N-dealkylation sites (tertiary alicyclic amines) is 1. The minimum Gasteiger partial charge on any atom is -0.487 e. The van der Waals surface area contributed by atoms with Gasteiger partial charge in [0, 0.05) is 25.1 Å². The number of amides is 1. The molecule has 7 heteroatoms. The minimum atomic E-state index is -3.16. The number of hydrogen-bond donors (Lipinski definition) is 0. The number of rotatable bonds is 5. The molecule has 0 bridgehead atoms. The molecule has 1 aliphatic heterocycles. The average molecular weight is 346 g/mol. The fraction of sp³-hybridized carbons (Fsp3) is 0.533. The summed E-state index contributed by atoms with van der Waals surface area (Å²) in [5.74, 6) is -0.198. The van der Waals surface area contributed by atoms with Crippen molar-refractivity contribution in [3.05, 3.63) is 29.3 Å². The Kier molecular flexibility index (Phi) is 5.34. The summed E-state index contributed by atoms with van der Waals surface area (Å²) in [5.41, 5.74) is 0. The second-order valence-electron chi connectivity index (χ2n) is 5.74. The van der Waals surface area contributed by atoms with Crippen LogP contribution in [0.15, 0.2) is 24.3 Å². The van der Waals surface area contributed by atoms with Crippen molar-refractivity contribution in [2.45, 2.75) is 19.4 Å². The summed E-state index contributed by atoms with van der Waals surface area (Å²) in [6, 6.07) is 7.21. The Morgan fingerprint density at radius 2 is 2.14 bits per heavy atom. The first-order valence-corrected chi connectivity index (χ1v) is 9.58. The van der Waals surface area contributed by atoms with Crippen molar-refractivity contribution in [3.8, 4) is 5.75 Å². The van der Waals surface area contributed by atoms with Gasteiger partial charge in [-0.2, -0.15) is 0 Å². The van der Waals surface area contributed by atoms with Crippen LogP contribution >= 0.6 is 11.6 Å². The SMILES string of the molecule is CC(CS(C)(=O)=O)C(=O)N1CCC(Oc2ccccc2Cl)C1. The lowest BCUT2D eigenvalue weighted by atomic mass is 10.2. The number of carbonyl (C=O) groups is 1. The highest BCUT2D eigenvalue weighted by molar-refractivity contribution is 7.90. The molecule has 2 unspecified atom stereocenters. The quantitative estimate of drug-likeness (QED) is 0.818. The Morgan fingerprint density at radius 1 is 1.45 bits per heavy atom. The fourth-order valence-electron chi connectivity index (χ4n) is 2.58. The van der Waals surface area contributed by atoms with Crippen molar-refractivity contribution >= 4 is 27.3 Å². The van der Waals surface area contributed by atoms with E-state index in [9.17, 15) is 13.2 Å². The highest BCUT2D eigenvalue weighted by Gasteiger charge is 2.31. The lowest BCUT2D eigenvalue weighted by molar-refractivity contribution is -0.133. The second kappa shape index (κ2) is 6.87. The molecular formula is C15H20ClNO4S. The topological polar surface area (TPSA) is 63.7 Å². The van der Waals surface area contributed by atoms with Gasteiger partial charge in [0.15, 0.2) is 0 Å². The van der Waals surface area contributed by atoms with Crippen molar-refractivity contribution in [1.82, 2.24) is 4.90 Å². The number of nitrogens with zero attached hydrogens (tertiary/aromatic N) is 1. The van der Waals surface area contributed by atoms with Gasteiger partial charge >= 0.3 is 0 Å². The first kappa shape index (κ1) is 17.1. The van der Waals surface area contributed by atoms with Gasteiger partial charge in [-0.25, -0.2) is 8.42 Å². The summed E-state index contributed by atoms with van der Waals surface area (Å²) in [7, 11) is -3.16. The Hall–Kier alpha value is -1.27. The molecule has 0 spiro atoms. The number of hydrogen-bond acceptors (Lipinski definition) is 4. The summed E-state index contributed by atoms with van der Waals surface area (Å²) < 4.78 is 28.4. The molecule has 0 aromatic heterocycles. The third kappa shape index (κ3) is 4.61. The molecule has 1 aromatic carbocycles. The van der Waals surface area contributed by atoms with Crippen molar-refractivity contribution in [1.29, 1.82) is 0 Å². The smallest absolute Gasteiger partial charge is 0.226 e. The maximum absolute atomic E-state index is 12.3. The monoisotopic (exact) mass is 345 g/mol. The van der Waals surface area contributed by atoms with Gasteiger partial charge in [-0.05, 0) is 12.1 Å². The molecule has 22 heavy (non-hydrogen) atoms. The molecule has 0 N–H and O–H groups in total. The maximum atomic E-state index is 12.3. The predicted octanol–water partition coefficient (Wildman–Crippen LogP) is 2.00. The zero-order valence-electron chi connectivity index (χ0n) is 12.7. The zero-order valence-corrected chi connectivity index (χ0v) is 14.2. The van der Waals surface area contributed by atoms with E-state index in [2.05, 4.69) is 0 Å². The van der Waals surface area contributed by atoms with Crippen LogP contribution in [0.2, 0.25) is 5.02 Å². The third-order valence-corrected chi connectivity index (χ3v) is 4.98. The highest BCUT2D eigenvalue weighted by Crippen LogP contribution is 2.26. The summed E-state index contributed by atoms with van der Waals surface area (Å²) >= 11 is 6.05. The van der Waals surface area contributed by atoms with Gasteiger partial charge in [-0.15, -0.1) is 0 Å². The van der Waals surface area contributed by atoms with Crippen molar-refractivity contribution < 1.29 is 17.9 Å². The van der Waals surface area contributed by atoms with Gasteiger partial charge < -0.3 is 9.64 Å². The number of carbonyl (C=O) groups excluding carboxylic acids is 1. The van der Waals surface area contributed by atoms with Crippen LogP contribution in [0.25, 0.3) is 0 Å². The van der Waals surface area contributed by atoms with E-state index in [-0.39, 0.29) is 17.8 Å². The van der Waals surface area contributed by atoms with E-state index < -0.39 is 15.8 Å². The first-order valence-electron chi connectivity index (χ1n) is 7.14. The van der Waals surface area contributed by atoms with Gasteiger partial charge in [0.25, 0.3) is 0 Å². The fourth-order valence-corrected chi connectivity index (χ4v) is 3.81. The van der Waals surface area contributed by atoms with E-state index in [0.717, 1.165) is 6.26 Å². The van der Waals surface area contributed by atoms with Crippen LogP contribution in [0.3, 0.4) is 0 Å². The standard InChI is InChI=1S/C15H20ClNO4S/c1-11(10-22(2,19)20)15(18)17-8-7-12(9-17)21-14-6-4-3-5-13(14)16/h3-6,11-12H,7-10H2,1-2H3. The highest BCUT2D eigenvalue weighted by atomic mass is 35.5. The molecule has 2 atom stereocenters. The van der Waals surface area contributed by atoms with Crippen molar-refractivity contribution in [2.24, 2.45) is 5.92 Å². The molecule has 1 saturated heterocycles. The van der Waals surface area contributed by atoms with E-state index in [1.165, 1.54) is 0 Å². The van der Waals surface area contributed by atoms with E-state index in [4.69, 9.17) is 16.3 Å². The van der Waals surface area contributed by atoms with Gasteiger partial charge in [0.05, 0.1) is 17.3 Å². The predicted molar refractivity (Wildman–Crippen MR) is 85.9 cm³/mol. The molecule has 1 aromatic rings. The van der Waals surface area contributed by atoms with Crippen LogP contribution in [0, 0.1) is 5.92 Å². The molecule has 1 heterocycles. The Bertz CT molecular complexity index is 647. The summed E-state index contributed by atoms with van der Waals surface area (Å²) in [6.45, 7) is 2.67. The van der Waals surface area contributed by atoms with Gasteiger partial charge in [-0.1, -0.05) is 30.7 Å².